The van der Waals surface area contributed by atoms with Crippen molar-refractivity contribution in [2.45, 2.75) is 19.7 Å². The summed E-state index contributed by atoms with van der Waals surface area (Å²) in [6.45, 7) is 0.537. The molecular formula is C14H18N4O5S. The first kappa shape index (κ1) is 17.9. The summed E-state index contributed by atoms with van der Waals surface area (Å²) in [5, 5.41) is 10.2. The largest absolute Gasteiger partial charge is 0.445 e. The number of hydrogen-bond donors (Lipinski definition) is 1. The predicted octanol–water partition coefficient (Wildman–Crippen LogP) is 0.681. The van der Waals surface area contributed by atoms with Crippen molar-refractivity contribution in [3.63, 3.8) is 0 Å². The normalized spacial score (nSPS) is 11.2. The molecule has 2 rings (SSSR count). The first-order valence-corrected chi connectivity index (χ1v) is 8.92. The van der Waals surface area contributed by atoms with E-state index in [4.69, 9.17) is 4.74 Å². The lowest BCUT2D eigenvalue weighted by molar-refractivity contribution is 0.139. The Morgan fingerprint density at radius 3 is 2.75 bits per heavy atom. The summed E-state index contributed by atoms with van der Waals surface area (Å²) in [7, 11) is -3.47. The number of ether oxygens (including phenoxy) is 1. The minimum atomic E-state index is -3.47. The molecule has 0 aliphatic heterocycles. The molecule has 0 unspecified atom stereocenters. The number of aromatic nitrogens is 3. The van der Waals surface area contributed by atoms with E-state index in [1.807, 2.05) is 30.3 Å². The van der Waals surface area contributed by atoms with Crippen molar-refractivity contribution in [2.75, 3.05) is 12.9 Å². The van der Waals surface area contributed by atoms with Gasteiger partial charge in [-0.25, -0.2) is 9.48 Å². The van der Waals surface area contributed by atoms with Crippen LogP contribution in [0, 0.1) is 0 Å². The Balaban J connectivity index is 1.69. The first-order valence-electron chi connectivity index (χ1n) is 7.10. The quantitative estimate of drug-likeness (QED) is 0.694. The highest BCUT2D eigenvalue weighted by Crippen LogP contribution is 2.01. The van der Waals surface area contributed by atoms with Crippen LogP contribution in [0.2, 0.25) is 0 Å². The van der Waals surface area contributed by atoms with Crippen LogP contribution in [-0.4, -0.2) is 42.4 Å². The van der Waals surface area contributed by atoms with Gasteiger partial charge in [0.15, 0.2) is 0 Å². The molecule has 1 amide bonds. The number of alkyl carbamates (subject to hydrolysis) is 1. The number of nitrogens with one attached hydrogen (secondary N) is 1. The van der Waals surface area contributed by atoms with E-state index in [-0.39, 0.29) is 26.3 Å². The highest BCUT2D eigenvalue weighted by atomic mass is 32.2. The molecule has 1 aromatic heterocycles. The molecule has 9 nitrogen and oxygen atoms in total. The monoisotopic (exact) mass is 354 g/mol. The third-order valence-corrected chi connectivity index (χ3v) is 3.43. The molecule has 0 spiro atoms. The second-order valence-electron chi connectivity index (χ2n) is 4.91. The minimum absolute atomic E-state index is 0.0336. The van der Waals surface area contributed by atoms with E-state index in [2.05, 4.69) is 19.8 Å². The van der Waals surface area contributed by atoms with E-state index >= 15 is 0 Å². The third kappa shape index (κ3) is 6.75. The highest BCUT2D eigenvalue weighted by molar-refractivity contribution is 7.85. The maximum atomic E-state index is 11.6. The Bertz CT molecular complexity index is 760. The van der Waals surface area contributed by atoms with Gasteiger partial charge in [0.25, 0.3) is 10.1 Å². The predicted molar refractivity (Wildman–Crippen MR) is 84.3 cm³/mol. The second kappa shape index (κ2) is 8.41. The van der Waals surface area contributed by atoms with Gasteiger partial charge in [0.2, 0.25) is 0 Å². The number of carbonyl (C=O) groups is 1. The van der Waals surface area contributed by atoms with E-state index in [1.165, 1.54) is 4.68 Å². The summed E-state index contributed by atoms with van der Waals surface area (Å²) in [5.41, 5.74) is 1.41. The van der Waals surface area contributed by atoms with Gasteiger partial charge in [0, 0.05) is 0 Å². The average Bonchev–Trinajstić information content (AvgIpc) is 2.98. The summed E-state index contributed by atoms with van der Waals surface area (Å²) in [6.07, 6.45) is 2.00. The van der Waals surface area contributed by atoms with Crippen molar-refractivity contribution in [1.82, 2.24) is 20.3 Å². The van der Waals surface area contributed by atoms with Crippen molar-refractivity contribution in [2.24, 2.45) is 0 Å². The summed E-state index contributed by atoms with van der Waals surface area (Å²) in [5.74, 6) is 0. The van der Waals surface area contributed by atoms with Gasteiger partial charge >= 0.3 is 6.09 Å². The molecule has 0 saturated heterocycles. The molecule has 130 valence electrons. The van der Waals surface area contributed by atoms with Crippen LogP contribution in [0.25, 0.3) is 0 Å². The van der Waals surface area contributed by atoms with Crippen LogP contribution < -0.4 is 5.32 Å². The fourth-order valence-corrected chi connectivity index (χ4v) is 2.13. The van der Waals surface area contributed by atoms with Gasteiger partial charge in [-0.05, 0) is 5.56 Å². The number of rotatable bonds is 8. The molecule has 1 heterocycles. The molecule has 0 atom stereocenters. The summed E-state index contributed by atoms with van der Waals surface area (Å²) in [4.78, 5) is 11.6. The van der Waals surface area contributed by atoms with Crippen LogP contribution in [0.4, 0.5) is 4.79 Å². The first-order chi connectivity index (χ1) is 11.4. The van der Waals surface area contributed by atoms with Crippen molar-refractivity contribution >= 4 is 16.2 Å². The fourth-order valence-electron chi connectivity index (χ4n) is 1.75. The zero-order valence-electron chi connectivity index (χ0n) is 13.1. The lowest BCUT2D eigenvalue weighted by Crippen LogP contribution is -2.23. The van der Waals surface area contributed by atoms with Crippen LogP contribution in [0.1, 0.15) is 11.3 Å². The molecule has 0 aliphatic carbocycles. The molecule has 1 aromatic carbocycles. The molecular weight excluding hydrogens is 336 g/mol. The highest BCUT2D eigenvalue weighted by Gasteiger charge is 2.07. The van der Waals surface area contributed by atoms with Crippen molar-refractivity contribution in [1.29, 1.82) is 0 Å². The summed E-state index contributed by atoms with van der Waals surface area (Å²) in [6, 6.07) is 9.33. The average molecular weight is 354 g/mol. The smallest absolute Gasteiger partial charge is 0.407 e. The Labute approximate surface area is 139 Å². The zero-order chi connectivity index (χ0) is 17.4. The molecule has 1 N–H and O–H groups in total. The van der Waals surface area contributed by atoms with Gasteiger partial charge in [-0.1, -0.05) is 35.5 Å². The maximum absolute atomic E-state index is 11.6. The molecule has 0 radical (unpaired) electrons. The van der Waals surface area contributed by atoms with Crippen molar-refractivity contribution in [3.8, 4) is 0 Å². The Hall–Kier alpha value is -2.46. The standard InChI is InChI=1S/C14H18N4O5S/c1-24(20,21)23-8-7-18-10-13(16-17-18)9-15-14(19)22-11-12-5-3-2-4-6-12/h2-6,10H,7-9,11H2,1H3,(H,15,19). The molecule has 2 aromatic rings. The zero-order valence-corrected chi connectivity index (χ0v) is 13.9. The van der Waals surface area contributed by atoms with Crippen LogP contribution in [0.5, 0.6) is 0 Å². The molecule has 0 saturated carbocycles. The molecule has 0 bridgehead atoms. The topological polar surface area (TPSA) is 112 Å². The number of amides is 1. The van der Waals surface area contributed by atoms with Crippen molar-refractivity contribution < 1.29 is 22.1 Å². The van der Waals surface area contributed by atoms with Crippen LogP contribution in [-0.2, 0) is 38.7 Å². The number of carbonyl (C=O) groups excluding carboxylic acids is 1. The maximum Gasteiger partial charge on any atom is 0.407 e. The summed E-state index contributed by atoms with van der Waals surface area (Å²) >= 11 is 0. The van der Waals surface area contributed by atoms with Gasteiger partial charge in [-0.2, -0.15) is 8.42 Å². The molecule has 24 heavy (non-hydrogen) atoms. The van der Waals surface area contributed by atoms with E-state index in [0.717, 1.165) is 11.8 Å². The third-order valence-electron chi connectivity index (χ3n) is 2.83. The summed E-state index contributed by atoms with van der Waals surface area (Å²) < 4.78 is 32.8. The second-order valence-corrected chi connectivity index (χ2v) is 6.56. The van der Waals surface area contributed by atoms with Crippen LogP contribution in [0.15, 0.2) is 36.5 Å². The van der Waals surface area contributed by atoms with Gasteiger partial charge in [0.1, 0.15) is 12.3 Å². The minimum Gasteiger partial charge on any atom is -0.445 e. The van der Waals surface area contributed by atoms with Gasteiger partial charge in [0.05, 0.1) is 32.1 Å². The Morgan fingerprint density at radius 2 is 2.04 bits per heavy atom. The number of benzene rings is 1. The fraction of sp³-hybridized carbons (Fsp3) is 0.357. The number of nitrogens with zero attached hydrogens (tertiary/aromatic N) is 3. The molecule has 10 heteroatoms. The molecule has 0 fully saturated rings. The van der Waals surface area contributed by atoms with Crippen LogP contribution in [0.3, 0.4) is 0 Å². The lowest BCUT2D eigenvalue weighted by atomic mass is 10.2. The lowest BCUT2D eigenvalue weighted by Gasteiger charge is -2.05. The van der Waals surface area contributed by atoms with E-state index in [0.29, 0.717) is 5.69 Å². The number of hydrogen-bond acceptors (Lipinski definition) is 7. The van der Waals surface area contributed by atoms with Gasteiger partial charge in [-0.3, -0.25) is 4.18 Å². The van der Waals surface area contributed by atoms with Crippen molar-refractivity contribution in [3.05, 3.63) is 47.8 Å². The van der Waals surface area contributed by atoms with Gasteiger partial charge < -0.3 is 10.1 Å². The van der Waals surface area contributed by atoms with Gasteiger partial charge in [-0.15, -0.1) is 5.10 Å². The molecule has 0 aliphatic rings. The van der Waals surface area contributed by atoms with E-state index in [1.54, 1.807) is 6.20 Å². The van der Waals surface area contributed by atoms with E-state index < -0.39 is 16.2 Å². The SMILES string of the molecule is CS(=O)(=O)OCCn1cc(CNC(=O)OCc2ccccc2)nn1. The Morgan fingerprint density at radius 1 is 1.29 bits per heavy atom. The van der Waals surface area contributed by atoms with E-state index in [9.17, 15) is 13.2 Å². The van der Waals surface area contributed by atoms with Crippen LogP contribution >= 0.6 is 0 Å². The Kier molecular flexibility index (Phi) is 6.27.